The average Bonchev–Trinajstić information content (AvgIpc) is 2.16. The van der Waals surface area contributed by atoms with Crippen molar-refractivity contribution in [3.63, 3.8) is 0 Å². The lowest BCUT2D eigenvalue weighted by Gasteiger charge is -2.08. The topological polar surface area (TPSA) is 18.5 Å². The van der Waals surface area contributed by atoms with Gasteiger partial charge in [0, 0.05) is 20.3 Å². The van der Waals surface area contributed by atoms with Gasteiger partial charge in [-0.2, -0.15) is 0 Å². The van der Waals surface area contributed by atoms with Gasteiger partial charge in [-0.25, -0.2) is 0 Å². The van der Waals surface area contributed by atoms with Crippen molar-refractivity contribution in [2.75, 3.05) is 14.2 Å². The SMILES string of the molecule is CO[Si](Cc1ccccc1)OC. The van der Waals surface area contributed by atoms with Crippen LogP contribution >= 0.6 is 0 Å². The Labute approximate surface area is 75.0 Å². The van der Waals surface area contributed by atoms with Crippen LogP contribution in [-0.2, 0) is 14.9 Å². The van der Waals surface area contributed by atoms with Crippen molar-refractivity contribution in [3.05, 3.63) is 35.9 Å². The van der Waals surface area contributed by atoms with Crippen LogP contribution in [0.3, 0.4) is 0 Å². The molecule has 12 heavy (non-hydrogen) atoms. The lowest BCUT2D eigenvalue weighted by molar-refractivity contribution is 0.277. The molecule has 0 atom stereocenters. The minimum atomic E-state index is -1.08. The molecular formula is C9H13O2Si. The molecule has 0 N–H and O–H groups in total. The summed E-state index contributed by atoms with van der Waals surface area (Å²) < 4.78 is 10.4. The van der Waals surface area contributed by atoms with Gasteiger partial charge in [0.1, 0.15) is 0 Å². The first-order chi connectivity index (χ1) is 5.86. The van der Waals surface area contributed by atoms with Crippen LogP contribution in [0, 0.1) is 0 Å². The zero-order valence-electron chi connectivity index (χ0n) is 7.41. The fourth-order valence-corrected chi connectivity index (χ4v) is 2.01. The Morgan fingerprint density at radius 1 is 1.08 bits per heavy atom. The van der Waals surface area contributed by atoms with E-state index in [1.807, 2.05) is 18.2 Å². The summed E-state index contributed by atoms with van der Waals surface area (Å²) in [5, 5.41) is 0. The Balaban J connectivity index is 2.51. The molecule has 0 amide bonds. The molecule has 65 valence electrons. The maximum atomic E-state index is 5.18. The Morgan fingerprint density at radius 3 is 2.17 bits per heavy atom. The van der Waals surface area contributed by atoms with Gasteiger partial charge in [-0.3, -0.25) is 0 Å². The summed E-state index contributed by atoms with van der Waals surface area (Å²) in [5.41, 5.74) is 1.27. The first kappa shape index (κ1) is 9.44. The minimum Gasteiger partial charge on any atom is -0.397 e. The molecule has 0 fully saturated rings. The fraction of sp³-hybridized carbons (Fsp3) is 0.333. The van der Waals surface area contributed by atoms with E-state index in [2.05, 4.69) is 12.1 Å². The number of benzene rings is 1. The van der Waals surface area contributed by atoms with E-state index in [-0.39, 0.29) is 0 Å². The standard InChI is InChI=1S/C9H13O2Si/c1-10-12(11-2)8-9-6-4-3-5-7-9/h3-7H,8H2,1-2H3. The summed E-state index contributed by atoms with van der Waals surface area (Å²) in [6, 6.07) is 11.1. The monoisotopic (exact) mass is 181 g/mol. The van der Waals surface area contributed by atoms with Gasteiger partial charge in [0.05, 0.1) is 0 Å². The number of rotatable bonds is 4. The molecule has 1 rings (SSSR count). The van der Waals surface area contributed by atoms with Crippen molar-refractivity contribution in [3.8, 4) is 0 Å². The van der Waals surface area contributed by atoms with E-state index in [1.54, 1.807) is 14.2 Å². The minimum absolute atomic E-state index is 0.901. The van der Waals surface area contributed by atoms with E-state index in [0.717, 1.165) is 6.04 Å². The summed E-state index contributed by atoms with van der Waals surface area (Å²) in [7, 11) is 2.31. The highest BCUT2D eigenvalue weighted by atomic mass is 28.3. The van der Waals surface area contributed by atoms with Crippen LogP contribution < -0.4 is 0 Å². The smallest absolute Gasteiger partial charge is 0.388 e. The highest BCUT2D eigenvalue weighted by molar-refractivity contribution is 6.43. The van der Waals surface area contributed by atoms with Gasteiger partial charge in [-0.05, 0) is 5.56 Å². The summed E-state index contributed by atoms with van der Waals surface area (Å²) in [6.07, 6.45) is 0. The van der Waals surface area contributed by atoms with Gasteiger partial charge in [0.25, 0.3) is 0 Å². The summed E-state index contributed by atoms with van der Waals surface area (Å²) in [4.78, 5) is 0. The zero-order chi connectivity index (χ0) is 8.81. The molecule has 1 aromatic rings. The maximum absolute atomic E-state index is 5.18. The van der Waals surface area contributed by atoms with Gasteiger partial charge in [-0.1, -0.05) is 30.3 Å². The van der Waals surface area contributed by atoms with Crippen LogP contribution in [0.15, 0.2) is 30.3 Å². The second-order valence-corrected chi connectivity index (χ2v) is 4.36. The zero-order valence-corrected chi connectivity index (χ0v) is 8.41. The van der Waals surface area contributed by atoms with Crippen LogP contribution in [0.25, 0.3) is 0 Å². The molecule has 0 aliphatic rings. The first-order valence-electron chi connectivity index (χ1n) is 3.84. The van der Waals surface area contributed by atoms with Crippen molar-refractivity contribution in [2.24, 2.45) is 0 Å². The molecule has 0 heterocycles. The highest BCUT2D eigenvalue weighted by Gasteiger charge is 2.11. The quantitative estimate of drug-likeness (QED) is 0.656. The maximum Gasteiger partial charge on any atom is 0.388 e. The molecule has 0 aliphatic carbocycles. The number of hydrogen-bond donors (Lipinski definition) is 0. The van der Waals surface area contributed by atoms with Crippen molar-refractivity contribution >= 4 is 9.28 Å². The molecule has 0 bridgehead atoms. The lowest BCUT2D eigenvalue weighted by Crippen LogP contribution is -2.22. The van der Waals surface area contributed by atoms with E-state index in [1.165, 1.54) is 5.56 Å². The van der Waals surface area contributed by atoms with Crippen molar-refractivity contribution in [1.82, 2.24) is 0 Å². The second kappa shape index (κ2) is 5.08. The Morgan fingerprint density at radius 2 is 1.67 bits per heavy atom. The van der Waals surface area contributed by atoms with Crippen molar-refractivity contribution < 1.29 is 8.85 Å². The van der Waals surface area contributed by atoms with Crippen LogP contribution in [-0.4, -0.2) is 23.5 Å². The molecule has 0 spiro atoms. The third kappa shape index (κ3) is 2.77. The molecule has 1 aromatic carbocycles. The fourth-order valence-electron chi connectivity index (χ4n) is 0.990. The van der Waals surface area contributed by atoms with Gasteiger partial charge in [0.2, 0.25) is 0 Å². The van der Waals surface area contributed by atoms with Crippen LogP contribution in [0.4, 0.5) is 0 Å². The molecule has 0 saturated heterocycles. The van der Waals surface area contributed by atoms with Crippen LogP contribution in [0.1, 0.15) is 5.56 Å². The molecule has 2 nitrogen and oxygen atoms in total. The number of hydrogen-bond acceptors (Lipinski definition) is 2. The van der Waals surface area contributed by atoms with E-state index in [0.29, 0.717) is 0 Å². The van der Waals surface area contributed by atoms with Gasteiger partial charge < -0.3 is 8.85 Å². The largest absolute Gasteiger partial charge is 0.397 e. The van der Waals surface area contributed by atoms with Gasteiger partial charge >= 0.3 is 9.28 Å². The third-order valence-electron chi connectivity index (χ3n) is 1.65. The third-order valence-corrected chi connectivity index (χ3v) is 3.25. The summed E-state index contributed by atoms with van der Waals surface area (Å²) in [5.74, 6) is 0. The average molecular weight is 181 g/mol. The molecule has 0 saturated carbocycles. The molecule has 1 radical (unpaired) electrons. The van der Waals surface area contributed by atoms with Crippen molar-refractivity contribution in [1.29, 1.82) is 0 Å². The predicted molar refractivity (Wildman–Crippen MR) is 49.9 cm³/mol. The van der Waals surface area contributed by atoms with Crippen LogP contribution in [0.2, 0.25) is 0 Å². The highest BCUT2D eigenvalue weighted by Crippen LogP contribution is 2.02. The van der Waals surface area contributed by atoms with E-state index >= 15 is 0 Å². The molecule has 0 aliphatic heterocycles. The Bertz CT molecular complexity index is 209. The van der Waals surface area contributed by atoms with E-state index < -0.39 is 9.28 Å². The van der Waals surface area contributed by atoms with E-state index in [4.69, 9.17) is 8.85 Å². The lowest BCUT2D eigenvalue weighted by atomic mass is 10.2. The molecule has 0 aromatic heterocycles. The molecular weight excluding hydrogens is 168 g/mol. The van der Waals surface area contributed by atoms with Gasteiger partial charge in [-0.15, -0.1) is 0 Å². The van der Waals surface area contributed by atoms with Crippen LogP contribution in [0.5, 0.6) is 0 Å². The molecule has 3 heteroatoms. The predicted octanol–water partition coefficient (Wildman–Crippen LogP) is 1.55. The Hall–Kier alpha value is -0.643. The second-order valence-electron chi connectivity index (χ2n) is 2.44. The molecule has 0 unspecified atom stereocenters. The summed E-state index contributed by atoms with van der Waals surface area (Å²) in [6.45, 7) is 0. The van der Waals surface area contributed by atoms with Gasteiger partial charge in [0.15, 0.2) is 0 Å². The normalized spacial score (nSPS) is 10.6. The van der Waals surface area contributed by atoms with Crippen molar-refractivity contribution in [2.45, 2.75) is 6.04 Å². The first-order valence-corrected chi connectivity index (χ1v) is 5.37. The summed E-state index contributed by atoms with van der Waals surface area (Å²) >= 11 is 0. The Kier molecular flexibility index (Phi) is 4.00. The van der Waals surface area contributed by atoms with E-state index in [9.17, 15) is 0 Å².